The number of aryl methyl sites for hydroxylation is 1. The number of nitrogen functional groups attached to an aromatic ring is 1. The van der Waals surface area contributed by atoms with Crippen LogP contribution in [-0.2, 0) is 6.61 Å². The number of hydrazine groups is 1. The third-order valence-corrected chi connectivity index (χ3v) is 2.85. The quantitative estimate of drug-likeness (QED) is 0.507. The number of ether oxygens (including phenoxy) is 1. The molecule has 0 saturated heterocycles. The molecule has 0 unspecified atom stereocenters. The van der Waals surface area contributed by atoms with Crippen molar-refractivity contribution in [2.24, 2.45) is 5.84 Å². The van der Waals surface area contributed by atoms with E-state index in [2.05, 4.69) is 0 Å². The fourth-order valence-corrected chi connectivity index (χ4v) is 1.73. The molecule has 0 aliphatic heterocycles. The number of benzene rings is 1. The molecule has 0 saturated carbocycles. The Morgan fingerprint density at radius 3 is 3.00 bits per heavy atom. The summed E-state index contributed by atoms with van der Waals surface area (Å²) in [6.45, 7) is 1.69. The van der Waals surface area contributed by atoms with Crippen LogP contribution < -0.4 is 16.0 Å². The summed E-state index contributed by atoms with van der Waals surface area (Å²) >= 11 is 0. The van der Waals surface area contributed by atoms with E-state index in [4.69, 9.17) is 20.3 Å². The third kappa shape index (κ3) is 3.01. The molecule has 1 heterocycles. The van der Waals surface area contributed by atoms with Gasteiger partial charge in [-0.1, -0.05) is 6.07 Å². The van der Waals surface area contributed by atoms with Crippen LogP contribution in [0, 0.1) is 24.1 Å². The van der Waals surface area contributed by atoms with Crippen LogP contribution in [0.5, 0.6) is 5.75 Å². The van der Waals surface area contributed by atoms with Crippen molar-refractivity contribution in [2.45, 2.75) is 13.5 Å². The van der Waals surface area contributed by atoms with E-state index in [1.54, 1.807) is 13.0 Å². The van der Waals surface area contributed by atoms with Crippen LogP contribution in [0.4, 0.5) is 4.39 Å². The summed E-state index contributed by atoms with van der Waals surface area (Å²) in [7, 11) is 0. The molecule has 21 heavy (non-hydrogen) atoms. The van der Waals surface area contributed by atoms with Gasteiger partial charge in [-0.05, 0) is 25.1 Å². The summed E-state index contributed by atoms with van der Waals surface area (Å²) < 4.78 is 24.1. The SMILES string of the molecule is Cc1oc(C(=O)NN)cc1COc1cccc(F)c1C#N. The molecule has 1 aromatic heterocycles. The second kappa shape index (κ2) is 6.07. The van der Waals surface area contributed by atoms with Crippen LogP contribution in [0.25, 0.3) is 0 Å². The highest BCUT2D eigenvalue weighted by atomic mass is 19.1. The van der Waals surface area contributed by atoms with Crippen molar-refractivity contribution in [3.05, 3.63) is 52.7 Å². The molecule has 108 valence electrons. The molecule has 0 aliphatic carbocycles. The average Bonchev–Trinajstić information content (AvgIpc) is 2.85. The number of hydrogen-bond acceptors (Lipinski definition) is 5. The van der Waals surface area contributed by atoms with Crippen molar-refractivity contribution in [1.82, 2.24) is 5.43 Å². The van der Waals surface area contributed by atoms with Crippen LogP contribution in [-0.4, -0.2) is 5.91 Å². The number of nitriles is 1. The summed E-state index contributed by atoms with van der Waals surface area (Å²) in [5.41, 5.74) is 2.39. The summed E-state index contributed by atoms with van der Waals surface area (Å²) in [5.74, 6) is 4.45. The molecule has 0 fully saturated rings. The molecule has 0 bridgehead atoms. The number of nitrogens with one attached hydrogen (secondary N) is 1. The number of rotatable bonds is 4. The summed E-state index contributed by atoms with van der Waals surface area (Å²) in [4.78, 5) is 11.3. The summed E-state index contributed by atoms with van der Waals surface area (Å²) in [6, 6.07) is 7.33. The second-order valence-electron chi connectivity index (χ2n) is 4.18. The van der Waals surface area contributed by atoms with E-state index in [1.807, 2.05) is 5.43 Å². The van der Waals surface area contributed by atoms with Gasteiger partial charge in [-0.2, -0.15) is 5.26 Å². The molecular formula is C14H12FN3O3. The number of nitrogens with two attached hydrogens (primary N) is 1. The van der Waals surface area contributed by atoms with Crippen LogP contribution in [0.2, 0.25) is 0 Å². The van der Waals surface area contributed by atoms with Crippen molar-refractivity contribution in [2.75, 3.05) is 0 Å². The fourth-order valence-electron chi connectivity index (χ4n) is 1.73. The first kappa shape index (κ1) is 14.6. The van der Waals surface area contributed by atoms with Crippen LogP contribution >= 0.6 is 0 Å². The molecule has 2 rings (SSSR count). The monoisotopic (exact) mass is 289 g/mol. The van der Waals surface area contributed by atoms with Crippen molar-refractivity contribution in [3.8, 4) is 11.8 Å². The van der Waals surface area contributed by atoms with Crippen LogP contribution in [0.1, 0.15) is 27.4 Å². The number of hydrogen-bond donors (Lipinski definition) is 2. The van der Waals surface area contributed by atoms with Gasteiger partial charge in [-0.3, -0.25) is 10.2 Å². The van der Waals surface area contributed by atoms with Gasteiger partial charge >= 0.3 is 5.91 Å². The topological polar surface area (TPSA) is 101 Å². The standard InChI is InChI=1S/C14H12FN3O3/c1-8-9(5-13(21-8)14(19)18-17)7-20-12-4-2-3-11(15)10(12)6-16/h2-5H,7,17H2,1H3,(H,18,19). The molecular weight excluding hydrogens is 277 g/mol. The Morgan fingerprint density at radius 2 is 2.33 bits per heavy atom. The van der Waals surface area contributed by atoms with Gasteiger partial charge < -0.3 is 9.15 Å². The Morgan fingerprint density at radius 1 is 1.57 bits per heavy atom. The highest BCUT2D eigenvalue weighted by Gasteiger charge is 2.15. The third-order valence-electron chi connectivity index (χ3n) is 2.85. The van der Waals surface area contributed by atoms with Crippen LogP contribution in [0.3, 0.4) is 0 Å². The Bertz CT molecular complexity index is 719. The Labute approximate surface area is 119 Å². The first-order chi connectivity index (χ1) is 10.1. The van der Waals surface area contributed by atoms with Gasteiger partial charge in [0.25, 0.3) is 0 Å². The molecule has 1 amide bonds. The lowest BCUT2D eigenvalue weighted by molar-refractivity contribution is 0.0924. The Balaban J connectivity index is 2.18. The molecule has 1 aromatic carbocycles. The fraction of sp³-hybridized carbons (Fsp3) is 0.143. The van der Waals surface area contributed by atoms with Gasteiger partial charge in [-0.25, -0.2) is 10.2 Å². The molecule has 2 aromatic rings. The minimum Gasteiger partial charge on any atom is -0.487 e. The number of carbonyl (C=O) groups is 1. The zero-order valence-corrected chi connectivity index (χ0v) is 11.1. The first-order valence-corrected chi connectivity index (χ1v) is 5.98. The van der Waals surface area contributed by atoms with E-state index < -0.39 is 11.7 Å². The van der Waals surface area contributed by atoms with Gasteiger partial charge in [0, 0.05) is 5.56 Å². The largest absolute Gasteiger partial charge is 0.487 e. The van der Waals surface area contributed by atoms with Gasteiger partial charge in [0.1, 0.15) is 35.6 Å². The van der Waals surface area contributed by atoms with Gasteiger partial charge in [0.05, 0.1) is 0 Å². The smallest absolute Gasteiger partial charge is 0.300 e. The van der Waals surface area contributed by atoms with Crippen molar-refractivity contribution < 1.29 is 18.3 Å². The maximum Gasteiger partial charge on any atom is 0.300 e. The molecule has 0 aliphatic rings. The highest BCUT2D eigenvalue weighted by Crippen LogP contribution is 2.23. The van der Waals surface area contributed by atoms with E-state index in [0.29, 0.717) is 11.3 Å². The van der Waals surface area contributed by atoms with E-state index in [-0.39, 0.29) is 23.7 Å². The normalized spacial score (nSPS) is 10.0. The Kier molecular flexibility index (Phi) is 4.21. The number of furan rings is 1. The molecule has 7 heteroatoms. The minimum absolute atomic E-state index is 0.0331. The highest BCUT2D eigenvalue weighted by molar-refractivity contribution is 5.91. The first-order valence-electron chi connectivity index (χ1n) is 5.98. The van der Waals surface area contributed by atoms with E-state index in [1.165, 1.54) is 24.3 Å². The lowest BCUT2D eigenvalue weighted by atomic mass is 10.2. The predicted octanol–water partition coefficient (Wildman–Crippen LogP) is 1.78. The second-order valence-corrected chi connectivity index (χ2v) is 4.18. The predicted molar refractivity (Wildman–Crippen MR) is 70.5 cm³/mol. The van der Waals surface area contributed by atoms with Crippen molar-refractivity contribution >= 4 is 5.91 Å². The minimum atomic E-state index is -0.651. The van der Waals surface area contributed by atoms with E-state index in [0.717, 1.165) is 0 Å². The van der Waals surface area contributed by atoms with E-state index >= 15 is 0 Å². The van der Waals surface area contributed by atoms with Gasteiger partial charge in [0.15, 0.2) is 5.76 Å². The maximum absolute atomic E-state index is 13.4. The maximum atomic E-state index is 13.4. The number of halogens is 1. The summed E-state index contributed by atoms with van der Waals surface area (Å²) in [6.07, 6.45) is 0. The Hall–Kier alpha value is -2.85. The lowest BCUT2D eigenvalue weighted by Crippen LogP contribution is -2.29. The number of carbonyl (C=O) groups excluding carboxylic acids is 1. The molecule has 6 nitrogen and oxygen atoms in total. The van der Waals surface area contributed by atoms with Gasteiger partial charge in [-0.15, -0.1) is 0 Å². The lowest BCUT2D eigenvalue weighted by Gasteiger charge is -2.07. The molecule has 0 spiro atoms. The average molecular weight is 289 g/mol. The number of amides is 1. The van der Waals surface area contributed by atoms with E-state index in [9.17, 15) is 9.18 Å². The van der Waals surface area contributed by atoms with Gasteiger partial charge in [0.2, 0.25) is 0 Å². The van der Waals surface area contributed by atoms with Crippen LogP contribution in [0.15, 0.2) is 28.7 Å². The van der Waals surface area contributed by atoms with Crippen molar-refractivity contribution in [1.29, 1.82) is 5.26 Å². The van der Waals surface area contributed by atoms with Crippen molar-refractivity contribution in [3.63, 3.8) is 0 Å². The summed E-state index contributed by atoms with van der Waals surface area (Å²) in [5, 5.41) is 8.90. The molecule has 0 radical (unpaired) electrons. The zero-order valence-electron chi connectivity index (χ0n) is 11.1. The number of nitrogens with zero attached hydrogens (tertiary/aromatic N) is 1. The molecule has 3 N–H and O–H groups in total. The molecule has 0 atom stereocenters. The zero-order chi connectivity index (χ0) is 15.4.